The summed E-state index contributed by atoms with van der Waals surface area (Å²) in [7, 11) is -1.99. The van der Waals surface area contributed by atoms with Crippen LogP contribution in [0.25, 0.3) is 0 Å². The third-order valence-corrected chi connectivity index (χ3v) is 4.53. The maximum Gasteiger partial charge on any atom is 0.241 e. The Kier molecular flexibility index (Phi) is 3.98. The number of hydrogen-bond donors (Lipinski definition) is 2. The summed E-state index contributed by atoms with van der Waals surface area (Å²) < 4.78 is 28.2. The molecule has 1 aromatic carbocycles. The molecule has 0 aliphatic heterocycles. The Morgan fingerprint density at radius 1 is 1.45 bits per heavy atom. The lowest BCUT2D eigenvalue weighted by Crippen LogP contribution is -2.24. The van der Waals surface area contributed by atoms with E-state index in [1.54, 1.807) is 14.0 Å². The fourth-order valence-corrected chi connectivity index (χ4v) is 2.83. The molecule has 0 atom stereocenters. The molecule has 0 spiro atoms. The van der Waals surface area contributed by atoms with E-state index in [0.717, 1.165) is 0 Å². The number of anilines is 1. The van der Waals surface area contributed by atoms with Crippen molar-refractivity contribution in [1.82, 2.24) is 19.5 Å². The van der Waals surface area contributed by atoms with Crippen LogP contribution in [-0.4, -0.2) is 23.2 Å². The van der Waals surface area contributed by atoms with Gasteiger partial charge in [-0.15, -0.1) is 0 Å². The molecule has 3 N–H and O–H groups in total. The van der Waals surface area contributed by atoms with Gasteiger partial charge in [-0.3, -0.25) is 4.68 Å². The Morgan fingerprint density at radius 2 is 2.15 bits per heavy atom. The molecule has 0 aliphatic carbocycles. The number of nitrogens with zero attached hydrogens (tertiary/aromatic N) is 3. The highest BCUT2D eigenvalue weighted by Crippen LogP contribution is 2.26. The summed E-state index contributed by atoms with van der Waals surface area (Å²) in [6, 6.07) is 2.79. The molecule has 0 aliphatic rings. The summed E-state index contributed by atoms with van der Waals surface area (Å²) in [6.45, 7) is 1.70. The van der Waals surface area contributed by atoms with E-state index < -0.39 is 10.0 Å². The Balaban J connectivity index is 2.22. The van der Waals surface area contributed by atoms with Crippen LogP contribution in [0.5, 0.6) is 0 Å². The number of aryl methyl sites for hydroxylation is 2. The van der Waals surface area contributed by atoms with Crippen molar-refractivity contribution in [3.05, 3.63) is 34.9 Å². The molecule has 2 rings (SSSR count). The van der Waals surface area contributed by atoms with E-state index in [9.17, 15) is 8.42 Å². The molecular weight excluding hydrogens is 302 g/mol. The van der Waals surface area contributed by atoms with Crippen LogP contribution in [0, 0.1) is 6.92 Å². The summed E-state index contributed by atoms with van der Waals surface area (Å²) >= 11 is 5.91. The topological polar surface area (TPSA) is 103 Å². The second kappa shape index (κ2) is 5.39. The van der Waals surface area contributed by atoms with E-state index in [0.29, 0.717) is 16.4 Å². The number of halogens is 1. The highest BCUT2D eigenvalue weighted by molar-refractivity contribution is 7.89. The Bertz CT molecular complexity index is 718. The average Bonchev–Trinajstić information content (AvgIpc) is 2.79. The van der Waals surface area contributed by atoms with Crippen LogP contribution in [0.2, 0.25) is 5.02 Å². The molecule has 0 saturated heterocycles. The number of nitrogens with one attached hydrogen (secondary N) is 1. The van der Waals surface area contributed by atoms with E-state index in [2.05, 4.69) is 14.8 Å². The zero-order valence-corrected chi connectivity index (χ0v) is 12.5. The second-order valence-electron chi connectivity index (χ2n) is 4.30. The van der Waals surface area contributed by atoms with Crippen molar-refractivity contribution in [2.45, 2.75) is 18.4 Å². The highest BCUT2D eigenvalue weighted by atomic mass is 35.5. The zero-order chi connectivity index (χ0) is 14.9. The molecule has 20 heavy (non-hydrogen) atoms. The van der Waals surface area contributed by atoms with Gasteiger partial charge in [0.1, 0.15) is 6.33 Å². The van der Waals surface area contributed by atoms with E-state index in [-0.39, 0.29) is 17.1 Å². The number of aromatic nitrogens is 3. The van der Waals surface area contributed by atoms with Gasteiger partial charge in [0.05, 0.1) is 22.2 Å². The molecular formula is C11H14ClN5O2S. The van der Waals surface area contributed by atoms with Gasteiger partial charge in [0.25, 0.3) is 0 Å². The van der Waals surface area contributed by atoms with Crippen LogP contribution < -0.4 is 10.5 Å². The fourth-order valence-electron chi connectivity index (χ4n) is 1.63. The third kappa shape index (κ3) is 3.09. The first-order valence-electron chi connectivity index (χ1n) is 5.69. The summed E-state index contributed by atoms with van der Waals surface area (Å²) in [4.78, 5) is 4.00. The van der Waals surface area contributed by atoms with E-state index in [1.807, 2.05) is 0 Å². The van der Waals surface area contributed by atoms with Gasteiger partial charge in [-0.1, -0.05) is 11.6 Å². The quantitative estimate of drug-likeness (QED) is 0.814. The largest absolute Gasteiger partial charge is 0.397 e. The number of benzene rings is 1. The van der Waals surface area contributed by atoms with Gasteiger partial charge in [-0.2, -0.15) is 5.10 Å². The minimum absolute atomic E-state index is 0.00471. The van der Waals surface area contributed by atoms with Crippen LogP contribution in [0.15, 0.2) is 23.4 Å². The molecule has 0 radical (unpaired) electrons. The van der Waals surface area contributed by atoms with Gasteiger partial charge in [-0.25, -0.2) is 18.1 Å². The first-order chi connectivity index (χ1) is 9.29. The van der Waals surface area contributed by atoms with Crippen molar-refractivity contribution in [2.75, 3.05) is 5.73 Å². The molecule has 1 aromatic heterocycles. The number of rotatable bonds is 4. The molecule has 0 fully saturated rings. The van der Waals surface area contributed by atoms with Gasteiger partial charge >= 0.3 is 0 Å². The summed E-state index contributed by atoms with van der Waals surface area (Å²) in [5, 5.41) is 4.35. The lowest BCUT2D eigenvalue weighted by molar-refractivity contribution is 0.578. The van der Waals surface area contributed by atoms with Crippen LogP contribution in [0.3, 0.4) is 0 Å². The Hall–Kier alpha value is -1.64. The summed E-state index contributed by atoms with van der Waals surface area (Å²) in [5.74, 6) is 0.384. The second-order valence-corrected chi connectivity index (χ2v) is 6.45. The Morgan fingerprint density at radius 3 is 2.70 bits per heavy atom. The van der Waals surface area contributed by atoms with Gasteiger partial charge in [0.2, 0.25) is 10.0 Å². The molecule has 108 valence electrons. The van der Waals surface area contributed by atoms with Crippen molar-refractivity contribution in [2.24, 2.45) is 7.05 Å². The van der Waals surface area contributed by atoms with Crippen molar-refractivity contribution in [3.63, 3.8) is 0 Å². The normalized spacial score (nSPS) is 11.8. The molecule has 9 heteroatoms. The predicted molar refractivity (Wildman–Crippen MR) is 75.6 cm³/mol. The number of nitrogen functional groups attached to an aromatic ring is 1. The molecule has 0 saturated carbocycles. The lowest BCUT2D eigenvalue weighted by atomic mass is 10.2. The van der Waals surface area contributed by atoms with Crippen molar-refractivity contribution < 1.29 is 8.42 Å². The maximum atomic E-state index is 12.2. The van der Waals surface area contributed by atoms with E-state index in [4.69, 9.17) is 17.3 Å². The van der Waals surface area contributed by atoms with Crippen molar-refractivity contribution in [3.8, 4) is 0 Å². The first-order valence-corrected chi connectivity index (χ1v) is 7.55. The number of sulfonamides is 1. The summed E-state index contributed by atoms with van der Waals surface area (Å²) in [5.41, 5.74) is 6.50. The summed E-state index contributed by atoms with van der Waals surface area (Å²) in [6.07, 6.45) is 1.49. The first kappa shape index (κ1) is 14.8. The Labute approximate surface area is 121 Å². The standard InChI is InChI=1S/C11H14ClN5O2S/c1-7-3-8(4-9(13)11(7)12)20(18,19)15-5-10-14-6-17(2)16-10/h3-4,6,15H,5,13H2,1-2H3. The number of nitrogens with two attached hydrogens (primary N) is 1. The predicted octanol–water partition coefficient (Wildman–Crippen LogP) is 0.838. The minimum atomic E-state index is -3.69. The van der Waals surface area contributed by atoms with E-state index in [1.165, 1.54) is 23.1 Å². The molecule has 7 nitrogen and oxygen atoms in total. The lowest BCUT2D eigenvalue weighted by Gasteiger charge is -2.09. The molecule has 1 heterocycles. The van der Waals surface area contributed by atoms with Crippen LogP contribution in [0.1, 0.15) is 11.4 Å². The van der Waals surface area contributed by atoms with Gasteiger partial charge in [0.15, 0.2) is 5.82 Å². The van der Waals surface area contributed by atoms with Crippen molar-refractivity contribution >= 4 is 27.3 Å². The number of hydrogen-bond acceptors (Lipinski definition) is 5. The third-order valence-electron chi connectivity index (χ3n) is 2.63. The van der Waals surface area contributed by atoms with E-state index >= 15 is 0 Å². The maximum absolute atomic E-state index is 12.2. The molecule has 0 unspecified atom stereocenters. The molecule has 2 aromatic rings. The average molecular weight is 316 g/mol. The van der Waals surface area contributed by atoms with Crippen LogP contribution in [-0.2, 0) is 23.6 Å². The smallest absolute Gasteiger partial charge is 0.241 e. The van der Waals surface area contributed by atoms with Crippen LogP contribution >= 0.6 is 11.6 Å². The highest BCUT2D eigenvalue weighted by Gasteiger charge is 2.17. The molecule has 0 amide bonds. The zero-order valence-electron chi connectivity index (χ0n) is 11.0. The fraction of sp³-hybridized carbons (Fsp3) is 0.273. The van der Waals surface area contributed by atoms with Gasteiger partial charge in [0, 0.05) is 7.05 Å². The van der Waals surface area contributed by atoms with Gasteiger partial charge < -0.3 is 5.73 Å². The van der Waals surface area contributed by atoms with Gasteiger partial charge in [-0.05, 0) is 24.6 Å². The monoisotopic (exact) mass is 315 g/mol. The SMILES string of the molecule is Cc1cc(S(=O)(=O)NCc2ncn(C)n2)cc(N)c1Cl. The molecule has 0 bridgehead atoms. The minimum Gasteiger partial charge on any atom is -0.397 e. The van der Waals surface area contributed by atoms with Crippen LogP contribution in [0.4, 0.5) is 5.69 Å². The van der Waals surface area contributed by atoms with Crippen molar-refractivity contribution in [1.29, 1.82) is 0 Å².